The second-order valence-electron chi connectivity index (χ2n) is 5.93. The third-order valence-electron chi connectivity index (χ3n) is 4.25. The van der Waals surface area contributed by atoms with Crippen LogP contribution in [0.5, 0.6) is 5.75 Å². The molecule has 2 aromatic rings. The summed E-state index contributed by atoms with van der Waals surface area (Å²) in [4.78, 5) is 14.6. The highest BCUT2D eigenvalue weighted by Gasteiger charge is 2.17. The van der Waals surface area contributed by atoms with Gasteiger partial charge in [0, 0.05) is 25.2 Å². The Bertz CT molecular complexity index is 677. The van der Waals surface area contributed by atoms with E-state index in [0.717, 1.165) is 25.9 Å². The molecule has 1 saturated heterocycles. The van der Waals surface area contributed by atoms with Gasteiger partial charge in [-0.3, -0.25) is 4.79 Å². The van der Waals surface area contributed by atoms with Crippen molar-refractivity contribution in [3.8, 4) is 5.75 Å². The fourth-order valence-electron chi connectivity index (χ4n) is 2.90. The Morgan fingerprint density at radius 3 is 2.75 bits per heavy atom. The molecule has 0 saturated carbocycles. The minimum atomic E-state index is 0.0840. The summed E-state index contributed by atoms with van der Waals surface area (Å²) < 4.78 is 7.45. The lowest BCUT2D eigenvalue weighted by molar-refractivity contribution is 0.0761. The van der Waals surface area contributed by atoms with Crippen molar-refractivity contribution in [3.63, 3.8) is 0 Å². The smallest absolute Gasteiger partial charge is 0.253 e. The van der Waals surface area contributed by atoms with Crippen LogP contribution in [0.3, 0.4) is 0 Å². The van der Waals surface area contributed by atoms with Crippen LogP contribution in [0.1, 0.15) is 48.8 Å². The van der Waals surface area contributed by atoms with Crippen molar-refractivity contribution in [2.24, 2.45) is 0 Å². The van der Waals surface area contributed by atoms with Crippen LogP contribution in [-0.4, -0.2) is 44.1 Å². The molecule has 24 heavy (non-hydrogen) atoms. The average Bonchev–Trinajstić information content (AvgIpc) is 2.91. The molecule has 128 valence electrons. The van der Waals surface area contributed by atoms with Gasteiger partial charge in [-0.2, -0.15) is 0 Å². The largest absolute Gasteiger partial charge is 0.486 e. The van der Waals surface area contributed by atoms with E-state index in [1.54, 1.807) is 10.7 Å². The fraction of sp³-hybridized carbons (Fsp3) is 0.529. The van der Waals surface area contributed by atoms with Crippen LogP contribution in [0, 0.1) is 0 Å². The first kappa shape index (κ1) is 16.4. The Morgan fingerprint density at radius 2 is 2.00 bits per heavy atom. The van der Waals surface area contributed by atoms with Crippen LogP contribution in [0.4, 0.5) is 0 Å². The lowest BCUT2D eigenvalue weighted by atomic mass is 10.2. The van der Waals surface area contributed by atoms with Crippen LogP contribution < -0.4 is 4.74 Å². The molecule has 7 heteroatoms. The first-order chi connectivity index (χ1) is 11.8. The molecule has 0 bridgehead atoms. The number of benzene rings is 1. The van der Waals surface area contributed by atoms with E-state index in [4.69, 9.17) is 4.74 Å². The number of rotatable bonds is 5. The fourth-order valence-corrected chi connectivity index (χ4v) is 2.90. The summed E-state index contributed by atoms with van der Waals surface area (Å²) in [5.41, 5.74) is 0.671. The Hall–Kier alpha value is -2.44. The van der Waals surface area contributed by atoms with Gasteiger partial charge >= 0.3 is 0 Å². The number of carbonyl (C=O) groups excluding carboxylic acids is 1. The molecule has 1 aromatic heterocycles. The van der Waals surface area contributed by atoms with Crippen LogP contribution in [0.2, 0.25) is 0 Å². The van der Waals surface area contributed by atoms with Gasteiger partial charge in [0.1, 0.15) is 12.4 Å². The summed E-state index contributed by atoms with van der Waals surface area (Å²) in [6.07, 6.45) is 4.58. The van der Waals surface area contributed by atoms with Crippen molar-refractivity contribution in [1.82, 2.24) is 25.1 Å². The summed E-state index contributed by atoms with van der Waals surface area (Å²) in [5, 5.41) is 11.5. The molecule has 0 radical (unpaired) electrons. The highest BCUT2D eigenvalue weighted by Crippen LogP contribution is 2.18. The second-order valence-corrected chi connectivity index (χ2v) is 5.93. The van der Waals surface area contributed by atoms with E-state index >= 15 is 0 Å². The molecule has 1 amide bonds. The molecular weight excluding hydrogens is 306 g/mol. The van der Waals surface area contributed by atoms with Gasteiger partial charge in [-0.1, -0.05) is 18.9 Å². The molecule has 0 aliphatic carbocycles. The van der Waals surface area contributed by atoms with Crippen molar-refractivity contribution in [2.75, 3.05) is 13.1 Å². The van der Waals surface area contributed by atoms with Crippen LogP contribution in [0.15, 0.2) is 24.3 Å². The molecule has 2 heterocycles. The van der Waals surface area contributed by atoms with Crippen molar-refractivity contribution in [3.05, 3.63) is 35.7 Å². The van der Waals surface area contributed by atoms with Gasteiger partial charge in [-0.25, -0.2) is 4.68 Å². The predicted molar refractivity (Wildman–Crippen MR) is 88.6 cm³/mol. The molecule has 0 unspecified atom stereocenters. The van der Waals surface area contributed by atoms with Crippen molar-refractivity contribution in [1.29, 1.82) is 0 Å². The van der Waals surface area contributed by atoms with E-state index in [2.05, 4.69) is 15.5 Å². The molecule has 0 N–H and O–H groups in total. The van der Waals surface area contributed by atoms with E-state index in [0.29, 0.717) is 23.7 Å². The molecule has 1 fully saturated rings. The highest BCUT2D eigenvalue weighted by molar-refractivity contribution is 5.94. The number of nitrogens with zero attached hydrogens (tertiary/aromatic N) is 5. The Morgan fingerprint density at radius 1 is 1.21 bits per heavy atom. The maximum absolute atomic E-state index is 12.7. The van der Waals surface area contributed by atoms with E-state index in [9.17, 15) is 4.79 Å². The van der Waals surface area contributed by atoms with Gasteiger partial charge in [0.25, 0.3) is 5.91 Å². The molecule has 3 rings (SSSR count). The van der Waals surface area contributed by atoms with Gasteiger partial charge in [0.15, 0.2) is 5.82 Å². The zero-order valence-corrected chi connectivity index (χ0v) is 14.0. The zero-order chi connectivity index (χ0) is 16.8. The first-order valence-corrected chi connectivity index (χ1v) is 8.55. The summed E-state index contributed by atoms with van der Waals surface area (Å²) in [6.45, 7) is 4.63. The van der Waals surface area contributed by atoms with E-state index in [1.165, 1.54) is 12.8 Å². The highest BCUT2D eigenvalue weighted by atomic mass is 16.5. The van der Waals surface area contributed by atoms with Crippen molar-refractivity contribution < 1.29 is 9.53 Å². The maximum Gasteiger partial charge on any atom is 0.253 e. The van der Waals surface area contributed by atoms with Gasteiger partial charge in [-0.15, -0.1) is 5.10 Å². The Balaban J connectivity index is 1.66. The molecule has 0 atom stereocenters. The van der Waals surface area contributed by atoms with Gasteiger partial charge in [-0.05, 0) is 48.4 Å². The number of hydrogen-bond donors (Lipinski definition) is 0. The Labute approximate surface area is 141 Å². The molecule has 1 aliphatic rings. The average molecular weight is 329 g/mol. The molecule has 7 nitrogen and oxygen atoms in total. The van der Waals surface area contributed by atoms with Gasteiger partial charge in [0.05, 0.1) is 0 Å². The van der Waals surface area contributed by atoms with Crippen LogP contribution >= 0.6 is 0 Å². The predicted octanol–water partition coefficient (Wildman–Crippen LogP) is 2.29. The van der Waals surface area contributed by atoms with E-state index in [1.807, 2.05) is 30.0 Å². The molecule has 1 aliphatic heterocycles. The number of likely N-dealkylation sites (tertiary alicyclic amines) is 1. The number of carbonyl (C=O) groups is 1. The number of aryl methyl sites for hydroxylation is 1. The van der Waals surface area contributed by atoms with Crippen molar-refractivity contribution in [2.45, 2.75) is 45.8 Å². The second kappa shape index (κ2) is 7.90. The van der Waals surface area contributed by atoms with E-state index in [-0.39, 0.29) is 12.5 Å². The van der Waals surface area contributed by atoms with Crippen molar-refractivity contribution >= 4 is 5.91 Å². The third kappa shape index (κ3) is 3.90. The number of ether oxygens (including phenoxy) is 1. The maximum atomic E-state index is 12.7. The van der Waals surface area contributed by atoms with E-state index < -0.39 is 0 Å². The minimum absolute atomic E-state index is 0.0840. The molecular formula is C17H23N5O2. The summed E-state index contributed by atoms with van der Waals surface area (Å²) in [5.74, 6) is 1.41. The lowest BCUT2D eigenvalue weighted by Crippen LogP contribution is -2.31. The van der Waals surface area contributed by atoms with Crippen LogP contribution in [-0.2, 0) is 13.2 Å². The number of tetrazole rings is 1. The SMILES string of the molecule is CCn1nnnc1COc1cccc(C(=O)N2CCCCCC2)c1. The normalized spacial score (nSPS) is 15.1. The van der Waals surface area contributed by atoms with Gasteiger partial charge in [0.2, 0.25) is 0 Å². The first-order valence-electron chi connectivity index (χ1n) is 8.55. The summed E-state index contributed by atoms with van der Waals surface area (Å²) in [6, 6.07) is 7.34. The molecule has 0 spiro atoms. The van der Waals surface area contributed by atoms with Crippen LogP contribution in [0.25, 0.3) is 0 Å². The zero-order valence-electron chi connectivity index (χ0n) is 14.0. The third-order valence-corrected chi connectivity index (χ3v) is 4.25. The quantitative estimate of drug-likeness (QED) is 0.841. The lowest BCUT2D eigenvalue weighted by Gasteiger charge is -2.20. The van der Waals surface area contributed by atoms with Gasteiger partial charge < -0.3 is 9.64 Å². The number of amides is 1. The molecule has 1 aromatic carbocycles. The topological polar surface area (TPSA) is 73.1 Å². The monoisotopic (exact) mass is 329 g/mol. The number of aromatic nitrogens is 4. The standard InChI is InChI=1S/C17H23N5O2/c1-2-22-16(18-19-20-22)13-24-15-9-7-8-14(12-15)17(23)21-10-5-3-4-6-11-21/h7-9,12H,2-6,10-11,13H2,1H3. The summed E-state index contributed by atoms with van der Waals surface area (Å²) >= 11 is 0. The number of hydrogen-bond acceptors (Lipinski definition) is 5. The Kier molecular flexibility index (Phi) is 5.40. The summed E-state index contributed by atoms with van der Waals surface area (Å²) in [7, 11) is 0. The minimum Gasteiger partial charge on any atom is -0.486 e.